The zero-order valence-corrected chi connectivity index (χ0v) is 11.3. The van der Waals surface area contributed by atoms with Crippen molar-refractivity contribution >= 4 is 23.4 Å². The topological polar surface area (TPSA) is 73.1 Å². The first-order chi connectivity index (χ1) is 9.13. The molecule has 3 N–H and O–H groups in total. The van der Waals surface area contributed by atoms with Crippen LogP contribution in [0.15, 0.2) is 30.3 Å². The number of benzene rings is 1. The molecular formula is C13H15ClN4O. The van der Waals surface area contributed by atoms with Gasteiger partial charge in [-0.3, -0.25) is 0 Å². The minimum absolute atomic E-state index is 0.148. The van der Waals surface area contributed by atoms with Gasteiger partial charge in [-0.05, 0) is 24.6 Å². The van der Waals surface area contributed by atoms with Crippen LogP contribution in [-0.4, -0.2) is 23.1 Å². The molecule has 0 saturated heterocycles. The molecule has 100 valence electrons. The third-order valence-corrected chi connectivity index (χ3v) is 2.57. The predicted molar refractivity (Wildman–Crippen MR) is 76.6 cm³/mol. The normalized spacial score (nSPS) is 10.2. The van der Waals surface area contributed by atoms with E-state index in [-0.39, 0.29) is 5.95 Å². The van der Waals surface area contributed by atoms with Gasteiger partial charge < -0.3 is 15.8 Å². The largest absolute Gasteiger partial charge is 0.492 e. The summed E-state index contributed by atoms with van der Waals surface area (Å²) >= 11 is 5.77. The zero-order chi connectivity index (χ0) is 13.7. The van der Waals surface area contributed by atoms with E-state index in [1.54, 1.807) is 6.07 Å². The van der Waals surface area contributed by atoms with Gasteiger partial charge in [0.2, 0.25) is 5.95 Å². The van der Waals surface area contributed by atoms with Crippen molar-refractivity contribution in [3.63, 3.8) is 0 Å². The monoisotopic (exact) mass is 278 g/mol. The summed E-state index contributed by atoms with van der Waals surface area (Å²) in [6, 6.07) is 9.51. The highest BCUT2D eigenvalue weighted by molar-refractivity contribution is 6.29. The smallest absolute Gasteiger partial charge is 0.223 e. The van der Waals surface area contributed by atoms with Gasteiger partial charge in [0.25, 0.3) is 0 Å². The van der Waals surface area contributed by atoms with E-state index in [9.17, 15) is 0 Å². The maximum atomic E-state index is 5.77. The van der Waals surface area contributed by atoms with Crippen LogP contribution < -0.4 is 15.8 Å². The van der Waals surface area contributed by atoms with Gasteiger partial charge in [-0.25, -0.2) is 4.98 Å². The van der Waals surface area contributed by atoms with Crippen LogP contribution in [-0.2, 0) is 0 Å². The summed E-state index contributed by atoms with van der Waals surface area (Å²) in [4.78, 5) is 7.79. The van der Waals surface area contributed by atoms with Crippen molar-refractivity contribution in [2.75, 3.05) is 24.2 Å². The molecule has 0 radical (unpaired) electrons. The molecule has 0 aliphatic heterocycles. The number of aryl methyl sites for hydroxylation is 1. The summed E-state index contributed by atoms with van der Waals surface area (Å²) in [5, 5.41) is 3.39. The Morgan fingerprint density at radius 3 is 2.89 bits per heavy atom. The molecule has 0 bridgehead atoms. The summed E-state index contributed by atoms with van der Waals surface area (Å²) in [7, 11) is 0. The summed E-state index contributed by atoms with van der Waals surface area (Å²) in [6.45, 7) is 3.14. The number of nitrogens with two attached hydrogens (primary N) is 1. The van der Waals surface area contributed by atoms with Crippen LogP contribution in [0, 0.1) is 6.92 Å². The van der Waals surface area contributed by atoms with E-state index in [4.69, 9.17) is 22.1 Å². The minimum atomic E-state index is 0.148. The highest BCUT2D eigenvalue weighted by atomic mass is 35.5. The Morgan fingerprint density at radius 1 is 1.32 bits per heavy atom. The van der Waals surface area contributed by atoms with Crippen LogP contribution in [0.4, 0.5) is 11.8 Å². The van der Waals surface area contributed by atoms with Crippen LogP contribution in [0.3, 0.4) is 0 Å². The van der Waals surface area contributed by atoms with Crippen molar-refractivity contribution in [3.8, 4) is 5.75 Å². The quantitative estimate of drug-likeness (QED) is 0.649. The zero-order valence-electron chi connectivity index (χ0n) is 10.6. The molecule has 6 heteroatoms. The van der Waals surface area contributed by atoms with Gasteiger partial charge in [0, 0.05) is 6.07 Å². The van der Waals surface area contributed by atoms with E-state index in [1.807, 2.05) is 31.2 Å². The lowest BCUT2D eigenvalue weighted by Crippen LogP contribution is -2.13. The van der Waals surface area contributed by atoms with Crippen molar-refractivity contribution in [1.29, 1.82) is 0 Å². The van der Waals surface area contributed by atoms with E-state index in [0.717, 1.165) is 5.75 Å². The molecule has 0 fully saturated rings. The molecule has 1 aromatic carbocycles. The number of ether oxygens (including phenoxy) is 1. The van der Waals surface area contributed by atoms with Crippen molar-refractivity contribution in [3.05, 3.63) is 41.0 Å². The Kier molecular flexibility index (Phi) is 4.41. The summed E-state index contributed by atoms with van der Waals surface area (Å²) in [5.41, 5.74) is 6.66. The van der Waals surface area contributed by atoms with Gasteiger partial charge >= 0.3 is 0 Å². The van der Waals surface area contributed by atoms with E-state index in [1.165, 1.54) is 5.56 Å². The summed E-state index contributed by atoms with van der Waals surface area (Å²) in [5.74, 6) is 1.59. The third kappa shape index (κ3) is 4.30. The predicted octanol–water partition coefficient (Wildman–Crippen LogP) is 2.51. The summed E-state index contributed by atoms with van der Waals surface area (Å²) in [6.07, 6.45) is 0. The third-order valence-electron chi connectivity index (χ3n) is 2.38. The second-order valence-corrected chi connectivity index (χ2v) is 4.41. The molecule has 0 aliphatic rings. The fourth-order valence-electron chi connectivity index (χ4n) is 1.58. The molecule has 0 amide bonds. The van der Waals surface area contributed by atoms with Gasteiger partial charge in [0.15, 0.2) is 0 Å². The average Bonchev–Trinajstić information content (AvgIpc) is 2.34. The molecule has 1 aromatic heterocycles. The number of hydrogen-bond acceptors (Lipinski definition) is 5. The van der Waals surface area contributed by atoms with Gasteiger partial charge in [-0.1, -0.05) is 23.7 Å². The first-order valence-corrected chi connectivity index (χ1v) is 6.25. The maximum absolute atomic E-state index is 5.77. The molecule has 0 saturated carbocycles. The van der Waals surface area contributed by atoms with Crippen LogP contribution in [0.2, 0.25) is 5.15 Å². The highest BCUT2D eigenvalue weighted by Gasteiger charge is 2.00. The van der Waals surface area contributed by atoms with Crippen molar-refractivity contribution in [1.82, 2.24) is 9.97 Å². The van der Waals surface area contributed by atoms with Crippen molar-refractivity contribution in [2.24, 2.45) is 0 Å². The van der Waals surface area contributed by atoms with Crippen molar-refractivity contribution in [2.45, 2.75) is 6.92 Å². The molecule has 2 aromatic rings. The van der Waals surface area contributed by atoms with Gasteiger partial charge in [0.05, 0.1) is 6.54 Å². The Morgan fingerprint density at radius 2 is 2.16 bits per heavy atom. The fourth-order valence-corrected chi connectivity index (χ4v) is 1.77. The Labute approximate surface area is 116 Å². The number of anilines is 2. The molecule has 0 spiro atoms. The molecule has 2 rings (SSSR count). The van der Waals surface area contributed by atoms with Gasteiger partial charge in [-0.2, -0.15) is 4.98 Å². The number of hydrogen-bond donors (Lipinski definition) is 2. The molecule has 5 nitrogen and oxygen atoms in total. The highest BCUT2D eigenvalue weighted by Crippen LogP contribution is 2.13. The Hall–Kier alpha value is -2.01. The standard InChI is InChI=1S/C13H15ClN4O/c1-9-3-2-4-10(7-9)19-6-5-16-12-8-11(14)17-13(15)18-12/h2-4,7-8H,5-6H2,1H3,(H3,15,16,17,18). The number of halogens is 1. The molecule has 19 heavy (non-hydrogen) atoms. The van der Waals surface area contributed by atoms with Crippen LogP contribution in [0.5, 0.6) is 5.75 Å². The van der Waals surface area contributed by atoms with Crippen LogP contribution in [0.1, 0.15) is 5.56 Å². The van der Waals surface area contributed by atoms with E-state index < -0.39 is 0 Å². The SMILES string of the molecule is Cc1cccc(OCCNc2cc(Cl)nc(N)n2)c1. The van der Waals surface area contributed by atoms with Crippen LogP contribution in [0.25, 0.3) is 0 Å². The lowest BCUT2D eigenvalue weighted by atomic mass is 10.2. The number of nitrogen functional groups attached to an aromatic ring is 1. The van der Waals surface area contributed by atoms with Gasteiger partial charge in [0.1, 0.15) is 23.3 Å². The molecule has 1 heterocycles. The lowest BCUT2D eigenvalue weighted by Gasteiger charge is -2.09. The van der Waals surface area contributed by atoms with Gasteiger partial charge in [-0.15, -0.1) is 0 Å². The summed E-state index contributed by atoms with van der Waals surface area (Å²) < 4.78 is 5.60. The minimum Gasteiger partial charge on any atom is -0.492 e. The van der Waals surface area contributed by atoms with E-state index in [2.05, 4.69) is 15.3 Å². The first kappa shape index (κ1) is 13.4. The molecule has 0 atom stereocenters. The number of aromatic nitrogens is 2. The maximum Gasteiger partial charge on any atom is 0.223 e. The Bertz CT molecular complexity index is 542. The first-order valence-electron chi connectivity index (χ1n) is 5.87. The number of nitrogens with one attached hydrogen (secondary N) is 1. The van der Waals surface area contributed by atoms with E-state index in [0.29, 0.717) is 24.1 Å². The Balaban J connectivity index is 1.80. The van der Waals surface area contributed by atoms with E-state index >= 15 is 0 Å². The average molecular weight is 279 g/mol. The molecule has 0 unspecified atom stereocenters. The number of nitrogens with zero attached hydrogens (tertiary/aromatic N) is 2. The number of rotatable bonds is 5. The lowest BCUT2D eigenvalue weighted by molar-refractivity contribution is 0.332. The fraction of sp³-hybridized carbons (Fsp3) is 0.231. The molecular weight excluding hydrogens is 264 g/mol. The van der Waals surface area contributed by atoms with Crippen molar-refractivity contribution < 1.29 is 4.74 Å². The second kappa shape index (κ2) is 6.24. The second-order valence-electron chi connectivity index (χ2n) is 4.03. The molecule has 0 aliphatic carbocycles. The van der Waals surface area contributed by atoms with Crippen LogP contribution >= 0.6 is 11.6 Å².